The van der Waals surface area contributed by atoms with Crippen LogP contribution in [-0.4, -0.2) is 66.5 Å². The van der Waals surface area contributed by atoms with Crippen LogP contribution in [0.1, 0.15) is 10.5 Å². The van der Waals surface area contributed by atoms with E-state index in [0.29, 0.717) is 18.9 Å². The van der Waals surface area contributed by atoms with Crippen LogP contribution in [0.3, 0.4) is 0 Å². The van der Waals surface area contributed by atoms with E-state index in [1.165, 1.54) is 47.4 Å². The van der Waals surface area contributed by atoms with E-state index >= 15 is 0 Å². The van der Waals surface area contributed by atoms with E-state index in [-0.39, 0.29) is 29.5 Å². The Balaban J connectivity index is 1.73. The Kier molecular flexibility index (Phi) is 5.34. The summed E-state index contributed by atoms with van der Waals surface area (Å²) < 4.78 is 33.2. The third-order valence-corrected chi connectivity index (χ3v) is 6.56. The molecule has 11 nitrogen and oxygen atoms in total. The van der Waals surface area contributed by atoms with Gasteiger partial charge in [0.25, 0.3) is 15.7 Å². The summed E-state index contributed by atoms with van der Waals surface area (Å²) in [6.45, 7) is 1.22. The SMILES string of the molecule is COC(=O)c1ccc(S(=O)(=O)N2CCN(c3ccc([N+](=O)[O-])cn3)CC2)n1C. The number of carbonyl (C=O) groups is 1. The van der Waals surface area contributed by atoms with Gasteiger partial charge in [-0.15, -0.1) is 0 Å². The summed E-state index contributed by atoms with van der Waals surface area (Å²) in [6, 6.07) is 5.70. The lowest BCUT2D eigenvalue weighted by molar-refractivity contribution is -0.385. The Labute approximate surface area is 161 Å². The first-order valence-electron chi connectivity index (χ1n) is 8.35. The Hall–Kier alpha value is -2.99. The number of hydrogen-bond donors (Lipinski definition) is 0. The minimum atomic E-state index is -3.79. The molecule has 0 saturated carbocycles. The number of rotatable bonds is 5. The maximum absolute atomic E-state index is 12.9. The standard InChI is InChI=1S/C16H19N5O6S/c1-18-13(16(22)27-2)4-6-15(18)28(25,26)20-9-7-19(8-10-20)14-5-3-12(11-17-14)21(23)24/h3-6,11H,7-10H2,1-2H3. The molecule has 0 atom stereocenters. The van der Waals surface area contributed by atoms with Gasteiger partial charge in [0.15, 0.2) is 5.03 Å². The highest BCUT2D eigenvalue weighted by Gasteiger charge is 2.32. The summed E-state index contributed by atoms with van der Waals surface area (Å²) in [7, 11) is -1.06. The van der Waals surface area contributed by atoms with E-state index in [1.807, 2.05) is 4.90 Å². The van der Waals surface area contributed by atoms with Crippen molar-refractivity contribution in [1.29, 1.82) is 0 Å². The van der Waals surface area contributed by atoms with Gasteiger partial charge in [-0.05, 0) is 18.2 Å². The fourth-order valence-electron chi connectivity index (χ4n) is 3.02. The number of methoxy groups -OCH3 is 1. The van der Waals surface area contributed by atoms with Gasteiger partial charge >= 0.3 is 5.97 Å². The van der Waals surface area contributed by atoms with Crippen molar-refractivity contribution < 1.29 is 22.9 Å². The van der Waals surface area contributed by atoms with E-state index < -0.39 is 20.9 Å². The molecule has 1 saturated heterocycles. The van der Waals surface area contributed by atoms with E-state index in [0.717, 1.165) is 0 Å². The molecule has 1 aliphatic heterocycles. The van der Waals surface area contributed by atoms with Crippen molar-refractivity contribution in [3.8, 4) is 0 Å². The highest BCUT2D eigenvalue weighted by atomic mass is 32.2. The lowest BCUT2D eigenvalue weighted by atomic mass is 10.3. The molecule has 0 bridgehead atoms. The van der Waals surface area contributed by atoms with Gasteiger partial charge < -0.3 is 14.2 Å². The zero-order valence-corrected chi connectivity index (χ0v) is 16.1. The molecule has 12 heteroatoms. The minimum absolute atomic E-state index is 0.00908. The van der Waals surface area contributed by atoms with Gasteiger partial charge in [-0.25, -0.2) is 18.2 Å². The van der Waals surface area contributed by atoms with E-state index in [9.17, 15) is 23.3 Å². The number of hydrogen-bond acceptors (Lipinski definition) is 8. The molecule has 0 aromatic carbocycles. The number of aromatic nitrogens is 2. The van der Waals surface area contributed by atoms with Crippen molar-refractivity contribution in [1.82, 2.24) is 13.9 Å². The first kappa shape index (κ1) is 19.8. The summed E-state index contributed by atoms with van der Waals surface area (Å²) in [5.74, 6) is -0.0625. The summed E-state index contributed by atoms with van der Waals surface area (Å²) in [5, 5.41) is 10.7. The van der Waals surface area contributed by atoms with Crippen molar-refractivity contribution in [2.45, 2.75) is 5.03 Å². The highest BCUT2D eigenvalue weighted by Crippen LogP contribution is 2.22. The first-order valence-corrected chi connectivity index (χ1v) is 9.79. The van der Waals surface area contributed by atoms with Crippen LogP contribution < -0.4 is 4.90 Å². The number of sulfonamides is 1. The highest BCUT2D eigenvalue weighted by molar-refractivity contribution is 7.89. The van der Waals surface area contributed by atoms with Gasteiger partial charge in [0, 0.05) is 39.3 Å². The molecule has 150 valence electrons. The molecule has 0 radical (unpaired) electrons. The minimum Gasteiger partial charge on any atom is -0.464 e. The van der Waals surface area contributed by atoms with Crippen molar-refractivity contribution in [3.63, 3.8) is 0 Å². The Morgan fingerprint density at radius 1 is 1.18 bits per heavy atom. The van der Waals surface area contributed by atoms with Crippen molar-refractivity contribution in [2.75, 3.05) is 38.2 Å². The maximum atomic E-state index is 12.9. The van der Waals surface area contributed by atoms with Gasteiger partial charge in [-0.3, -0.25) is 10.1 Å². The molecule has 1 aliphatic rings. The number of piperazine rings is 1. The predicted octanol–water partition coefficient (Wildman–Crippen LogP) is 0.626. The Bertz CT molecular complexity index is 993. The Morgan fingerprint density at radius 2 is 1.86 bits per heavy atom. The van der Waals surface area contributed by atoms with Gasteiger partial charge in [0.2, 0.25) is 0 Å². The number of anilines is 1. The van der Waals surface area contributed by atoms with Crippen LogP contribution in [0.5, 0.6) is 0 Å². The largest absolute Gasteiger partial charge is 0.464 e. The van der Waals surface area contributed by atoms with Crippen LogP contribution in [0.4, 0.5) is 11.5 Å². The second-order valence-corrected chi connectivity index (χ2v) is 8.02. The van der Waals surface area contributed by atoms with Gasteiger partial charge in [-0.1, -0.05) is 0 Å². The summed E-state index contributed by atoms with van der Waals surface area (Å²) in [6.07, 6.45) is 1.18. The normalized spacial score (nSPS) is 15.4. The third kappa shape index (κ3) is 3.55. The van der Waals surface area contributed by atoms with Crippen LogP contribution in [0.2, 0.25) is 0 Å². The van der Waals surface area contributed by atoms with Crippen LogP contribution in [0.25, 0.3) is 0 Å². The zero-order chi connectivity index (χ0) is 20.5. The van der Waals surface area contributed by atoms with E-state index in [1.54, 1.807) is 6.07 Å². The summed E-state index contributed by atoms with van der Waals surface area (Å²) >= 11 is 0. The molecule has 0 unspecified atom stereocenters. The van der Waals surface area contributed by atoms with Crippen LogP contribution in [-0.2, 0) is 21.8 Å². The smallest absolute Gasteiger partial charge is 0.354 e. The molecule has 3 heterocycles. The van der Waals surface area contributed by atoms with Gasteiger partial charge in [0.1, 0.15) is 17.7 Å². The molecular formula is C16H19N5O6S. The number of nitrogens with zero attached hydrogens (tertiary/aromatic N) is 5. The predicted molar refractivity (Wildman–Crippen MR) is 98.6 cm³/mol. The molecule has 1 fully saturated rings. The number of esters is 1. The summed E-state index contributed by atoms with van der Waals surface area (Å²) in [4.78, 5) is 27.8. The lowest BCUT2D eigenvalue weighted by Gasteiger charge is -2.34. The van der Waals surface area contributed by atoms with Crippen LogP contribution >= 0.6 is 0 Å². The molecule has 28 heavy (non-hydrogen) atoms. The topological polar surface area (TPSA) is 128 Å². The second-order valence-electron chi connectivity index (χ2n) is 6.13. The van der Waals surface area contributed by atoms with Crippen molar-refractivity contribution in [2.24, 2.45) is 7.05 Å². The van der Waals surface area contributed by atoms with E-state index in [4.69, 9.17) is 0 Å². The lowest BCUT2D eigenvalue weighted by Crippen LogP contribution is -2.49. The third-order valence-electron chi connectivity index (χ3n) is 4.58. The van der Waals surface area contributed by atoms with Crippen molar-refractivity contribution in [3.05, 3.63) is 46.3 Å². The summed E-state index contributed by atoms with van der Waals surface area (Å²) in [5.41, 5.74) is 0.0462. The fraction of sp³-hybridized carbons (Fsp3) is 0.375. The number of nitro groups is 1. The number of pyridine rings is 1. The van der Waals surface area contributed by atoms with Gasteiger partial charge in [-0.2, -0.15) is 4.31 Å². The quantitative estimate of drug-likeness (QED) is 0.399. The molecule has 0 aliphatic carbocycles. The zero-order valence-electron chi connectivity index (χ0n) is 15.3. The second kappa shape index (κ2) is 7.56. The maximum Gasteiger partial charge on any atom is 0.354 e. The molecule has 0 amide bonds. The average Bonchev–Trinajstić information content (AvgIpc) is 3.09. The molecule has 2 aromatic rings. The molecular weight excluding hydrogens is 390 g/mol. The van der Waals surface area contributed by atoms with Crippen LogP contribution in [0.15, 0.2) is 35.5 Å². The van der Waals surface area contributed by atoms with Crippen molar-refractivity contribution >= 4 is 27.5 Å². The van der Waals surface area contributed by atoms with Crippen LogP contribution in [0, 0.1) is 10.1 Å². The molecule has 2 aromatic heterocycles. The Morgan fingerprint density at radius 3 is 2.39 bits per heavy atom. The average molecular weight is 409 g/mol. The molecule has 0 spiro atoms. The monoisotopic (exact) mass is 409 g/mol. The molecule has 0 N–H and O–H groups in total. The fourth-order valence-corrected chi connectivity index (χ4v) is 4.62. The first-order chi connectivity index (χ1) is 13.3. The number of carbonyl (C=O) groups excluding carboxylic acids is 1. The van der Waals surface area contributed by atoms with E-state index in [2.05, 4.69) is 9.72 Å². The van der Waals surface area contributed by atoms with Gasteiger partial charge in [0.05, 0.1) is 12.0 Å². The number of ether oxygens (including phenoxy) is 1. The molecule has 3 rings (SSSR count).